The lowest BCUT2D eigenvalue weighted by molar-refractivity contribution is -0.130. The minimum atomic E-state index is -0.0851. The molecule has 5 nitrogen and oxygen atoms in total. The van der Waals surface area contributed by atoms with Gasteiger partial charge < -0.3 is 19.1 Å². The summed E-state index contributed by atoms with van der Waals surface area (Å²) >= 11 is 0. The van der Waals surface area contributed by atoms with Crippen LogP contribution in [0.15, 0.2) is 42.5 Å². The third-order valence-corrected chi connectivity index (χ3v) is 6.43. The summed E-state index contributed by atoms with van der Waals surface area (Å²) in [5.41, 5.74) is 2.20. The van der Waals surface area contributed by atoms with E-state index in [2.05, 4.69) is 17.0 Å². The second-order valence-electron chi connectivity index (χ2n) is 7.92. The summed E-state index contributed by atoms with van der Waals surface area (Å²) in [5, 5.41) is 0. The molecular formula is C23H25NO4. The predicted molar refractivity (Wildman–Crippen MR) is 105 cm³/mol. The molecule has 2 heterocycles. The van der Waals surface area contributed by atoms with Gasteiger partial charge in [-0.15, -0.1) is 0 Å². The Balaban J connectivity index is 1.44. The van der Waals surface area contributed by atoms with Gasteiger partial charge in [0.25, 0.3) is 0 Å². The summed E-state index contributed by atoms with van der Waals surface area (Å²) in [6.07, 6.45) is 4.59. The summed E-state index contributed by atoms with van der Waals surface area (Å²) in [7, 11) is 1.67. The largest absolute Gasteiger partial charge is 0.497 e. The van der Waals surface area contributed by atoms with Gasteiger partial charge in [0.2, 0.25) is 12.7 Å². The highest BCUT2D eigenvalue weighted by molar-refractivity contribution is 5.87. The van der Waals surface area contributed by atoms with Crippen molar-refractivity contribution in [1.29, 1.82) is 0 Å². The first-order chi connectivity index (χ1) is 13.7. The Morgan fingerprint density at radius 3 is 2.64 bits per heavy atom. The molecule has 146 valence electrons. The molecule has 2 aliphatic heterocycles. The number of benzene rings is 2. The van der Waals surface area contributed by atoms with Crippen molar-refractivity contribution in [2.24, 2.45) is 5.92 Å². The molecule has 0 radical (unpaired) electrons. The smallest absolute Gasteiger partial charge is 0.231 e. The van der Waals surface area contributed by atoms with E-state index in [1.54, 1.807) is 7.11 Å². The number of fused-ring (bicyclic) bond motifs is 2. The molecule has 2 aromatic rings. The molecular weight excluding hydrogens is 354 g/mol. The van der Waals surface area contributed by atoms with Gasteiger partial charge in [0, 0.05) is 12.6 Å². The lowest BCUT2D eigenvalue weighted by atomic mass is 9.77. The zero-order chi connectivity index (χ0) is 19.1. The van der Waals surface area contributed by atoms with Crippen molar-refractivity contribution in [3.8, 4) is 17.2 Å². The summed E-state index contributed by atoms with van der Waals surface area (Å²) in [6.45, 7) is 0.915. The van der Waals surface area contributed by atoms with Crippen LogP contribution in [-0.4, -0.2) is 30.8 Å². The first-order valence-electron chi connectivity index (χ1n) is 10.1. The summed E-state index contributed by atoms with van der Waals surface area (Å²) in [6, 6.07) is 14.3. The van der Waals surface area contributed by atoms with E-state index in [-0.39, 0.29) is 18.6 Å². The van der Waals surface area contributed by atoms with Crippen LogP contribution >= 0.6 is 0 Å². The molecule has 2 fully saturated rings. The fourth-order valence-electron chi connectivity index (χ4n) is 5.06. The Morgan fingerprint density at radius 1 is 1.04 bits per heavy atom. The number of hydrogen-bond acceptors (Lipinski definition) is 4. The summed E-state index contributed by atoms with van der Waals surface area (Å²) in [4.78, 5) is 15.6. The van der Waals surface area contributed by atoms with Crippen molar-refractivity contribution in [3.05, 3.63) is 53.6 Å². The first kappa shape index (κ1) is 17.4. The number of methoxy groups -OCH3 is 1. The van der Waals surface area contributed by atoms with Gasteiger partial charge in [-0.05, 0) is 54.2 Å². The minimum Gasteiger partial charge on any atom is -0.497 e. The zero-order valence-corrected chi connectivity index (χ0v) is 16.1. The van der Waals surface area contributed by atoms with Crippen LogP contribution in [0.5, 0.6) is 17.2 Å². The van der Waals surface area contributed by atoms with Crippen LogP contribution in [0.4, 0.5) is 0 Å². The first-order valence-corrected chi connectivity index (χ1v) is 10.1. The lowest BCUT2D eigenvalue weighted by Crippen LogP contribution is -2.36. The second-order valence-corrected chi connectivity index (χ2v) is 7.92. The molecule has 1 aliphatic carbocycles. The van der Waals surface area contributed by atoms with E-state index in [1.807, 2.05) is 30.3 Å². The topological polar surface area (TPSA) is 48.0 Å². The van der Waals surface area contributed by atoms with Crippen LogP contribution in [0, 0.1) is 5.92 Å². The van der Waals surface area contributed by atoms with Crippen LogP contribution in [-0.2, 0) is 11.3 Å². The van der Waals surface area contributed by atoms with Gasteiger partial charge in [-0.1, -0.05) is 31.0 Å². The van der Waals surface area contributed by atoms with Crippen LogP contribution in [0.2, 0.25) is 0 Å². The fourth-order valence-corrected chi connectivity index (χ4v) is 5.06. The number of carbonyl (C=O) groups excluding carboxylic acids is 1. The maximum atomic E-state index is 13.5. The van der Waals surface area contributed by atoms with Crippen molar-refractivity contribution < 1.29 is 19.0 Å². The third kappa shape index (κ3) is 2.89. The highest BCUT2D eigenvalue weighted by atomic mass is 16.7. The molecule has 3 atom stereocenters. The normalized spacial score (nSPS) is 25.7. The molecule has 1 amide bonds. The van der Waals surface area contributed by atoms with Gasteiger partial charge >= 0.3 is 0 Å². The van der Waals surface area contributed by atoms with E-state index < -0.39 is 0 Å². The molecule has 2 aromatic carbocycles. The molecule has 0 aromatic heterocycles. The van der Waals surface area contributed by atoms with E-state index in [1.165, 1.54) is 12.8 Å². The van der Waals surface area contributed by atoms with Gasteiger partial charge in [0.1, 0.15) is 5.75 Å². The number of rotatable bonds is 4. The Bertz CT molecular complexity index is 879. The van der Waals surface area contributed by atoms with Crippen molar-refractivity contribution >= 4 is 5.91 Å². The van der Waals surface area contributed by atoms with Crippen molar-refractivity contribution in [3.63, 3.8) is 0 Å². The highest BCUT2D eigenvalue weighted by Gasteiger charge is 2.49. The Hall–Kier alpha value is -2.69. The molecule has 0 N–H and O–H groups in total. The number of likely N-dealkylation sites (tertiary alicyclic amines) is 1. The van der Waals surface area contributed by atoms with Crippen molar-refractivity contribution in [1.82, 2.24) is 4.90 Å². The summed E-state index contributed by atoms with van der Waals surface area (Å²) in [5.74, 6) is 2.89. The number of nitrogens with zero attached hydrogens (tertiary/aromatic N) is 1. The Labute approximate surface area is 165 Å². The molecule has 0 unspecified atom stereocenters. The quantitative estimate of drug-likeness (QED) is 0.802. The monoisotopic (exact) mass is 379 g/mol. The van der Waals surface area contributed by atoms with Gasteiger partial charge in [-0.3, -0.25) is 4.79 Å². The SMILES string of the molecule is COc1ccc(CN2C(=O)[C@@H](c3ccc4c(c3)OCO4)[C@@H]3CCCC[C@@H]32)cc1. The van der Waals surface area contributed by atoms with Gasteiger partial charge in [0.15, 0.2) is 11.5 Å². The second kappa shape index (κ2) is 7.04. The van der Waals surface area contributed by atoms with E-state index in [4.69, 9.17) is 14.2 Å². The van der Waals surface area contributed by atoms with Gasteiger partial charge in [0.05, 0.1) is 13.0 Å². The molecule has 0 bridgehead atoms. The fraction of sp³-hybridized carbons (Fsp3) is 0.435. The molecule has 0 spiro atoms. The Morgan fingerprint density at radius 2 is 1.82 bits per heavy atom. The van der Waals surface area contributed by atoms with Crippen molar-refractivity contribution in [2.75, 3.05) is 13.9 Å². The maximum absolute atomic E-state index is 13.5. The number of amides is 1. The maximum Gasteiger partial charge on any atom is 0.231 e. The molecule has 5 rings (SSSR count). The standard InChI is InChI=1S/C23H25NO4/c1-26-17-9-6-15(7-10-17)13-24-19-5-3-2-4-18(19)22(23(24)25)16-8-11-20-21(12-16)28-14-27-20/h6-12,18-19,22H,2-5,13-14H2,1H3/t18-,19+,22+/m1/s1. The molecule has 1 saturated carbocycles. The Kier molecular flexibility index (Phi) is 4.38. The van der Waals surface area contributed by atoms with Crippen LogP contribution in [0.3, 0.4) is 0 Å². The van der Waals surface area contributed by atoms with Crippen LogP contribution < -0.4 is 14.2 Å². The van der Waals surface area contributed by atoms with E-state index in [0.29, 0.717) is 18.5 Å². The van der Waals surface area contributed by atoms with E-state index in [9.17, 15) is 4.79 Å². The molecule has 5 heteroatoms. The number of hydrogen-bond donors (Lipinski definition) is 0. The average Bonchev–Trinajstić information content (AvgIpc) is 3.31. The van der Waals surface area contributed by atoms with E-state index in [0.717, 1.165) is 41.2 Å². The van der Waals surface area contributed by atoms with Crippen LogP contribution in [0.25, 0.3) is 0 Å². The van der Waals surface area contributed by atoms with Gasteiger partial charge in [-0.25, -0.2) is 0 Å². The minimum absolute atomic E-state index is 0.0851. The number of ether oxygens (including phenoxy) is 3. The lowest BCUT2D eigenvalue weighted by Gasteiger charge is -2.32. The van der Waals surface area contributed by atoms with Gasteiger partial charge in [-0.2, -0.15) is 0 Å². The van der Waals surface area contributed by atoms with E-state index >= 15 is 0 Å². The van der Waals surface area contributed by atoms with Crippen molar-refractivity contribution in [2.45, 2.75) is 44.2 Å². The highest BCUT2D eigenvalue weighted by Crippen LogP contribution is 2.47. The molecule has 28 heavy (non-hydrogen) atoms. The number of carbonyl (C=O) groups is 1. The molecule has 1 saturated heterocycles. The molecule has 3 aliphatic rings. The summed E-state index contributed by atoms with van der Waals surface area (Å²) < 4.78 is 16.3. The third-order valence-electron chi connectivity index (χ3n) is 6.43. The van der Waals surface area contributed by atoms with Crippen LogP contribution in [0.1, 0.15) is 42.7 Å². The predicted octanol–water partition coefficient (Wildman–Crippen LogP) is 4.11. The average molecular weight is 379 g/mol. The zero-order valence-electron chi connectivity index (χ0n) is 16.1.